The SMILES string of the molecule is CN(CCC(=O)O)C(=O)C(F)(F)c1ccccc1. The lowest BCUT2D eigenvalue weighted by atomic mass is 10.1. The smallest absolute Gasteiger partial charge is 0.349 e. The zero-order valence-corrected chi connectivity index (χ0v) is 9.77. The molecule has 0 heterocycles. The molecule has 18 heavy (non-hydrogen) atoms. The number of carboxylic acid groups (broad SMARTS) is 1. The van der Waals surface area contributed by atoms with E-state index < -0.39 is 23.4 Å². The van der Waals surface area contributed by atoms with Crippen molar-refractivity contribution in [3.63, 3.8) is 0 Å². The Bertz CT molecular complexity index is 434. The van der Waals surface area contributed by atoms with E-state index in [1.807, 2.05) is 0 Å². The summed E-state index contributed by atoms with van der Waals surface area (Å²) >= 11 is 0. The Morgan fingerprint density at radius 1 is 1.28 bits per heavy atom. The molecule has 1 amide bonds. The monoisotopic (exact) mass is 257 g/mol. The van der Waals surface area contributed by atoms with E-state index in [0.717, 1.165) is 24.1 Å². The Morgan fingerprint density at radius 2 is 1.83 bits per heavy atom. The second kappa shape index (κ2) is 5.57. The second-order valence-electron chi connectivity index (χ2n) is 3.81. The number of hydrogen-bond acceptors (Lipinski definition) is 2. The molecule has 0 aliphatic heterocycles. The third kappa shape index (κ3) is 3.26. The lowest BCUT2D eigenvalue weighted by Gasteiger charge is -2.23. The molecule has 0 fully saturated rings. The Labute approximate surface area is 103 Å². The maximum Gasteiger partial charge on any atom is 0.349 e. The van der Waals surface area contributed by atoms with Crippen LogP contribution < -0.4 is 0 Å². The van der Waals surface area contributed by atoms with Crippen LogP contribution in [0.15, 0.2) is 30.3 Å². The van der Waals surface area contributed by atoms with E-state index in [1.165, 1.54) is 12.1 Å². The number of nitrogens with zero attached hydrogens (tertiary/aromatic N) is 1. The Hall–Kier alpha value is -1.98. The minimum absolute atomic E-state index is 0.253. The van der Waals surface area contributed by atoms with Gasteiger partial charge in [-0.05, 0) is 0 Å². The number of carbonyl (C=O) groups is 2. The first-order valence-corrected chi connectivity index (χ1v) is 5.26. The zero-order chi connectivity index (χ0) is 13.8. The minimum Gasteiger partial charge on any atom is -0.481 e. The number of alkyl halides is 2. The summed E-state index contributed by atoms with van der Waals surface area (Å²) in [6, 6.07) is 6.70. The van der Waals surface area contributed by atoms with Crippen LogP contribution in [0.4, 0.5) is 8.78 Å². The van der Waals surface area contributed by atoms with Gasteiger partial charge in [-0.2, -0.15) is 8.78 Å². The molecular formula is C12H13F2NO3. The number of hydrogen-bond donors (Lipinski definition) is 1. The highest BCUT2D eigenvalue weighted by Crippen LogP contribution is 2.29. The van der Waals surface area contributed by atoms with Crippen molar-refractivity contribution in [3.05, 3.63) is 35.9 Å². The van der Waals surface area contributed by atoms with Crippen LogP contribution in [0, 0.1) is 0 Å². The van der Waals surface area contributed by atoms with Crippen molar-refractivity contribution in [2.24, 2.45) is 0 Å². The number of rotatable bonds is 5. The predicted octanol–water partition coefficient (Wildman–Crippen LogP) is 1.71. The fourth-order valence-electron chi connectivity index (χ4n) is 1.38. The number of carboxylic acids is 1. The summed E-state index contributed by atoms with van der Waals surface area (Å²) in [5.74, 6) is -6.19. The van der Waals surface area contributed by atoms with Gasteiger partial charge in [-0.15, -0.1) is 0 Å². The van der Waals surface area contributed by atoms with Crippen molar-refractivity contribution in [1.29, 1.82) is 0 Å². The molecule has 1 N–H and O–H groups in total. The van der Waals surface area contributed by atoms with Crippen molar-refractivity contribution in [2.45, 2.75) is 12.3 Å². The standard InChI is InChI=1S/C12H13F2NO3/c1-15(8-7-10(16)17)11(18)12(13,14)9-5-3-2-4-6-9/h2-6H,7-8H2,1H3,(H,16,17). The van der Waals surface area contributed by atoms with Gasteiger partial charge in [0.2, 0.25) is 0 Å². The predicted molar refractivity (Wildman–Crippen MR) is 60.2 cm³/mol. The number of carbonyl (C=O) groups excluding carboxylic acids is 1. The largest absolute Gasteiger partial charge is 0.481 e. The number of likely N-dealkylation sites (N-methyl/N-ethyl adjacent to an activating group) is 1. The van der Waals surface area contributed by atoms with Crippen molar-refractivity contribution in [3.8, 4) is 0 Å². The van der Waals surface area contributed by atoms with Crippen LogP contribution in [0.5, 0.6) is 0 Å². The fourth-order valence-corrected chi connectivity index (χ4v) is 1.38. The average Bonchev–Trinajstić information content (AvgIpc) is 2.36. The molecule has 0 saturated carbocycles. The molecule has 0 saturated heterocycles. The first-order valence-electron chi connectivity index (χ1n) is 5.26. The molecule has 0 radical (unpaired) electrons. The molecule has 0 bridgehead atoms. The Balaban J connectivity index is 2.79. The van der Waals surface area contributed by atoms with Crippen molar-refractivity contribution < 1.29 is 23.5 Å². The molecule has 1 aromatic carbocycles. The van der Waals surface area contributed by atoms with Crippen LogP contribution in [-0.2, 0) is 15.5 Å². The van der Waals surface area contributed by atoms with Gasteiger partial charge in [-0.1, -0.05) is 30.3 Å². The molecule has 0 spiro atoms. The van der Waals surface area contributed by atoms with Crippen LogP contribution in [0.25, 0.3) is 0 Å². The van der Waals surface area contributed by atoms with Crippen LogP contribution in [0.2, 0.25) is 0 Å². The summed E-state index contributed by atoms with van der Waals surface area (Å²) in [7, 11) is 1.15. The highest BCUT2D eigenvalue weighted by molar-refractivity contribution is 5.85. The first kappa shape index (κ1) is 14.1. The van der Waals surface area contributed by atoms with Crippen molar-refractivity contribution in [1.82, 2.24) is 4.90 Å². The molecular weight excluding hydrogens is 244 g/mol. The van der Waals surface area contributed by atoms with Gasteiger partial charge >= 0.3 is 11.9 Å². The van der Waals surface area contributed by atoms with Crippen LogP contribution in [0.3, 0.4) is 0 Å². The summed E-state index contributed by atoms with van der Waals surface area (Å²) in [6.45, 7) is -0.253. The Morgan fingerprint density at radius 3 is 2.33 bits per heavy atom. The molecule has 4 nitrogen and oxygen atoms in total. The van der Waals surface area contributed by atoms with Crippen molar-refractivity contribution in [2.75, 3.05) is 13.6 Å². The molecule has 1 rings (SSSR count). The van der Waals surface area contributed by atoms with Gasteiger partial charge in [0.15, 0.2) is 0 Å². The quantitative estimate of drug-likeness (QED) is 0.873. The molecule has 0 aromatic heterocycles. The molecule has 1 aromatic rings. The highest BCUT2D eigenvalue weighted by atomic mass is 19.3. The van der Waals surface area contributed by atoms with E-state index in [-0.39, 0.29) is 13.0 Å². The second-order valence-corrected chi connectivity index (χ2v) is 3.81. The topological polar surface area (TPSA) is 57.6 Å². The summed E-state index contributed by atoms with van der Waals surface area (Å²) < 4.78 is 27.6. The van der Waals surface area contributed by atoms with Gasteiger partial charge in [0.05, 0.1) is 6.42 Å². The van der Waals surface area contributed by atoms with Crippen LogP contribution in [0.1, 0.15) is 12.0 Å². The van der Waals surface area contributed by atoms with Gasteiger partial charge < -0.3 is 10.0 Å². The van der Waals surface area contributed by atoms with E-state index >= 15 is 0 Å². The van der Waals surface area contributed by atoms with Gasteiger partial charge in [0, 0.05) is 19.2 Å². The number of halogens is 2. The van der Waals surface area contributed by atoms with E-state index in [9.17, 15) is 18.4 Å². The molecule has 0 unspecified atom stereocenters. The fraction of sp³-hybridized carbons (Fsp3) is 0.333. The lowest BCUT2D eigenvalue weighted by Crippen LogP contribution is -2.40. The maximum atomic E-state index is 13.8. The normalized spacial score (nSPS) is 11.1. The summed E-state index contributed by atoms with van der Waals surface area (Å²) in [5, 5.41) is 8.44. The van der Waals surface area contributed by atoms with Gasteiger partial charge in [-0.3, -0.25) is 9.59 Å². The summed E-state index contributed by atoms with van der Waals surface area (Å²) in [4.78, 5) is 22.6. The third-order valence-corrected chi connectivity index (χ3v) is 2.41. The van der Waals surface area contributed by atoms with Gasteiger partial charge in [-0.25, -0.2) is 0 Å². The number of amides is 1. The maximum absolute atomic E-state index is 13.8. The summed E-state index contributed by atoms with van der Waals surface area (Å²) in [6.07, 6.45) is -0.368. The third-order valence-electron chi connectivity index (χ3n) is 2.41. The Kier molecular flexibility index (Phi) is 4.36. The van der Waals surface area contributed by atoms with E-state index in [4.69, 9.17) is 5.11 Å². The molecule has 0 aliphatic carbocycles. The zero-order valence-electron chi connectivity index (χ0n) is 9.77. The minimum atomic E-state index is -3.64. The molecule has 0 aliphatic rings. The lowest BCUT2D eigenvalue weighted by molar-refractivity contribution is -0.158. The van der Waals surface area contributed by atoms with Gasteiger partial charge in [0.25, 0.3) is 5.91 Å². The van der Waals surface area contributed by atoms with Crippen LogP contribution in [-0.4, -0.2) is 35.5 Å². The van der Waals surface area contributed by atoms with E-state index in [2.05, 4.69) is 0 Å². The number of aliphatic carboxylic acids is 1. The average molecular weight is 257 g/mol. The van der Waals surface area contributed by atoms with Crippen molar-refractivity contribution >= 4 is 11.9 Å². The highest BCUT2D eigenvalue weighted by Gasteiger charge is 2.42. The summed E-state index contributed by atoms with van der Waals surface area (Å²) in [5.41, 5.74) is -0.405. The first-order chi connectivity index (χ1) is 8.35. The molecule has 0 atom stereocenters. The van der Waals surface area contributed by atoms with Crippen LogP contribution >= 0.6 is 0 Å². The van der Waals surface area contributed by atoms with E-state index in [1.54, 1.807) is 6.07 Å². The molecule has 98 valence electrons. The van der Waals surface area contributed by atoms with Gasteiger partial charge in [0.1, 0.15) is 0 Å². The number of benzene rings is 1. The molecule has 6 heteroatoms. The van der Waals surface area contributed by atoms with E-state index in [0.29, 0.717) is 0 Å².